The van der Waals surface area contributed by atoms with E-state index in [0.29, 0.717) is 5.25 Å². The molecule has 2 rings (SSSR count). The predicted octanol–water partition coefficient (Wildman–Crippen LogP) is 3.34. The van der Waals surface area contributed by atoms with Crippen LogP contribution in [0.1, 0.15) is 34.7 Å². The van der Waals surface area contributed by atoms with Gasteiger partial charge in [0.25, 0.3) is 0 Å². The highest BCUT2D eigenvalue weighted by molar-refractivity contribution is 8.06. The highest BCUT2D eigenvalue weighted by Crippen LogP contribution is 2.39. The summed E-state index contributed by atoms with van der Waals surface area (Å²) >= 11 is 6.07. The van der Waals surface area contributed by atoms with Crippen molar-refractivity contribution < 1.29 is 0 Å². The van der Waals surface area contributed by atoms with Crippen molar-refractivity contribution in [2.45, 2.75) is 32.1 Å². The average molecular weight is 289 g/mol. The van der Waals surface area contributed by atoms with Gasteiger partial charge in [-0.3, -0.25) is 0 Å². The molecular formula is C12H20N2S3. The summed E-state index contributed by atoms with van der Waals surface area (Å²) in [6.07, 6.45) is 1.06. The number of aryl methyl sites for hydroxylation is 1. The smallest absolute Gasteiger partial charge is 0.107 e. The molecule has 1 fully saturated rings. The molecule has 1 unspecified atom stereocenters. The molecule has 2 nitrogen and oxygen atoms in total. The van der Waals surface area contributed by atoms with Gasteiger partial charge in [-0.25, -0.2) is 4.98 Å². The number of nitrogens with one attached hydrogen (secondary N) is 1. The third-order valence-corrected chi connectivity index (χ3v) is 6.88. The first kappa shape index (κ1) is 13.7. The number of hydrogen-bond donors (Lipinski definition) is 1. The van der Waals surface area contributed by atoms with Crippen LogP contribution in [0, 0.1) is 0 Å². The molecule has 2 heterocycles. The van der Waals surface area contributed by atoms with Crippen LogP contribution in [0.2, 0.25) is 0 Å². The topological polar surface area (TPSA) is 24.9 Å². The van der Waals surface area contributed by atoms with E-state index in [2.05, 4.69) is 42.7 Å². The van der Waals surface area contributed by atoms with Crippen molar-refractivity contribution in [3.63, 3.8) is 0 Å². The van der Waals surface area contributed by atoms with Gasteiger partial charge in [0.1, 0.15) is 5.01 Å². The quantitative estimate of drug-likeness (QED) is 0.898. The zero-order valence-corrected chi connectivity index (χ0v) is 12.9. The summed E-state index contributed by atoms with van der Waals surface area (Å²) in [5.74, 6) is 3.82. The first-order valence-electron chi connectivity index (χ1n) is 6.23. The van der Waals surface area contributed by atoms with E-state index in [-0.39, 0.29) is 0 Å². The normalized spacial score (nSPS) is 20.7. The fourth-order valence-corrected chi connectivity index (χ4v) is 5.93. The van der Waals surface area contributed by atoms with Gasteiger partial charge in [0, 0.05) is 28.7 Å². The summed E-state index contributed by atoms with van der Waals surface area (Å²) in [6.45, 7) is 6.38. The molecule has 1 aliphatic heterocycles. The largest absolute Gasteiger partial charge is 0.312 e. The Labute approximate surface area is 116 Å². The van der Waals surface area contributed by atoms with Crippen LogP contribution in [-0.2, 0) is 13.0 Å². The van der Waals surface area contributed by atoms with E-state index in [1.54, 1.807) is 0 Å². The van der Waals surface area contributed by atoms with Crippen LogP contribution in [0.3, 0.4) is 0 Å². The number of thiazole rings is 1. The minimum absolute atomic E-state index is 0.638. The second-order valence-electron chi connectivity index (χ2n) is 3.99. The van der Waals surface area contributed by atoms with Gasteiger partial charge in [0.2, 0.25) is 0 Å². The summed E-state index contributed by atoms with van der Waals surface area (Å²) < 4.78 is 0. The first-order chi connectivity index (χ1) is 8.35. The van der Waals surface area contributed by atoms with Gasteiger partial charge in [0.05, 0.1) is 10.9 Å². The predicted molar refractivity (Wildman–Crippen MR) is 81.4 cm³/mol. The van der Waals surface area contributed by atoms with Crippen LogP contribution in [0.4, 0.5) is 0 Å². The molecule has 17 heavy (non-hydrogen) atoms. The molecule has 1 atom stereocenters. The maximum atomic E-state index is 4.85. The number of thioether (sulfide) groups is 2. The lowest BCUT2D eigenvalue weighted by Crippen LogP contribution is -2.11. The van der Waals surface area contributed by atoms with Crippen molar-refractivity contribution in [1.29, 1.82) is 0 Å². The molecule has 5 heteroatoms. The second-order valence-corrected chi connectivity index (χ2v) is 7.57. The van der Waals surface area contributed by atoms with E-state index >= 15 is 0 Å². The van der Waals surface area contributed by atoms with Crippen molar-refractivity contribution in [2.24, 2.45) is 0 Å². The molecule has 1 saturated heterocycles. The Morgan fingerprint density at radius 2 is 2.24 bits per heavy atom. The third kappa shape index (κ3) is 3.63. The molecule has 0 saturated carbocycles. The van der Waals surface area contributed by atoms with Crippen molar-refractivity contribution >= 4 is 34.9 Å². The lowest BCUT2D eigenvalue weighted by atomic mass is 10.3. The molecule has 0 radical (unpaired) electrons. The van der Waals surface area contributed by atoms with E-state index in [1.807, 2.05) is 11.3 Å². The van der Waals surface area contributed by atoms with Crippen LogP contribution in [-0.4, -0.2) is 28.8 Å². The van der Waals surface area contributed by atoms with Crippen molar-refractivity contribution in [2.75, 3.05) is 23.8 Å². The number of aromatic nitrogens is 1. The van der Waals surface area contributed by atoms with Crippen molar-refractivity contribution in [3.05, 3.63) is 15.6 Å². The van der Waals surface area contributed by atoms with Gasteiger partial charge in [-0.05, 0) is 13.0 Å². The van der Waals surface area contributed by atoms with Gasteiger partial charge < -0.3 is 5.32 Å². The highest BCUT2D eigenvalue weighted by Gasteiger charge is 2.21. The Bertz CT molecular complexity index is 346. The van der Waals surface area contributed by atoms with Crippen LogP contribution < -0.4 is 5.32 Å². The molecule has 0 spiro atoms. The standard InChI is InChI=1S/C12H20N2S3/c1-3-9-10(7-13-4-2)17-12(14-9)11-8-15-5-6-16-11/h11,13H,3-8H2,1-2H3. The number of rotatable bonds is 5. The maximum absolute atomic E-state index is 4.85. The van der Waals surface area contributed by atoms with Gasteiger partial charge >= 0.3 is 0 Å². The molecule has 1 aromatic rings. The summed E-state index contributed by atoms with van der Waals surface area (Å²) in [4.78, 5) is 6.29. The maximum Gasteiger partial charge on any atom is 0.107 e. The zero-order valence-electron chi connectivity index (χ0n) is 10.5. The molecule has 1 aliphatic rings. The number of hydrogen-bond acceptors (Lipinski definition) is 5. The molecule has 0 bridgehead atoms. The summed E-state index contributed by atoms with van der Waals surface area (Å²) in [7, 11) is 0. The van der Waals surface area contributed by atoms with Crippen molar-refractivity contribution in [3.8, 4) is 0 Å². The van der Waals surface area contributed by atoms with E-state index in [1.165, 1.54) is 32.8 Å². The number of nitrogens with zero attached hydrogens (tertiary/aromatic N) is 1. The van der Waals surface area contributed by atoms with Gasteiger partial charge in [-0.1, -0.05) is 13.8 Å². The molecule has 1 N–H and O–H groups in total. The van der Waals surface area contributed by atoms with E-state index < -0.39 is 0 Å². The van der Waals surface area contributed by atoms with Crippen LogP contribution in [0.5, 0.6) is 0 Å². The summed E-state index contributed by atoms with van der Waals surface area (Å²) in [5.41, 5.74) is 1.31. The van der Waals surface area contributed by atoms with Crippen molar-refractivity contribution in [1.82, 2.24) is 10.3 Å². The minimum Gasteiger partial charge on any atom is -0.312 e. The fourth-order valence-electron chi connectivity index (χ4n) is 1.82. The molecule has 0 aromatic carbocycles. The molecule has 96 valence electrons. The molecule has 1 aromatic heterocycles. The van der Waals surface area contributed by atoms with Gasteiger partial charge in [-0.15, -0.1) is 23.1 Å². The van der Waals surface area contributed by atoms with Gasteiger partial charge in [0.15, 0.2) is 0 Å². The zero-order chi connectivity index (χ0) is 12.1. The fraction of sp³-hybridized carbons (Fsp3) is 0.750. The summed E-state index contributed by atoms with van der Waals surface area (Å²) in [5, 5.41) is 5.41. The van der Waals surface area contributed by atoms with Gasteiger partial charge in [-0.2, -0.15) is 11.8 Å². The Balaban J connectivity index is 2.08. The monoisotopic (exact) mass is 288 g/mol. The Morgan fingerprint density at radius 3 is 2.88 bits per heavy atom. The van der Waals surface area contributed by atoms with E-state index in [4.69, 9.17) is 4.98 Å². The molecule has 0 amide bonds. The first-order valence-corrected chi connectivity index (χ1v) is 9.25. The van der Waals surface area contributed by atoms with Crippen LogP contribution in [0.25, 0.3) is 0 Å². The Morgan fingerprint density at radius 1 is 1.35 bits per heavy atom. The highest BCUT2D eigenvalue weighted by atomic mass is 32.2. The summed E-state index contributed by atoms with van der Waals surface area (Å²) in [6, 6.07) is 0. The second kappa shape index (κ2) is 7.02. The van der Waals surface area contributed by atoms with Crippen LogP contribution in [0.15, 0.2) is 0 Å². The average Bonchev–Trinajstić information content (AvgIpc) is 2.80. The third-order valence-electron chi connectivity index (χ3n) is 2.76. The lowest BCUT2D eigenvalue weighted by Gasteiger charge is -2.18. The van der Waals surface area contributed by atoms with E-state index in [0.717, 1.165) is 19.5 Å². The van der Waals surface area contributed by atoms with Crippen LogP contribution >= 0.6 is 34.9 Å². The Kier molecular flexibility index (Phi) is 5.66. The lowest BCUT2D eigenvalue weighted by molar-refractivity contribution is 0.727. The minimum atomic E-state index is 0.638. The van der Waals surface area contributed by atoms with E-state index in [9.17, 15) is 0 Å². The molecular weight excluding hydrogens is 268 g/mol. The Hall–Kier alpha value is 0.290. The molecule has 0 aliphatic carbocycles. The SMILES string of the molecule is CCNCc1sc(C2CSCCS2)nc1CC.